The van der Waals surface area contributed by atoms with Crippen LogP contribution in [0.15, 0.2) is 109 Å². The van der Waals surface area contributed by atoms with E-state index in [1.54, 1.807) is 0 Å². The number of benzene rings is 4. The Kier molecular flexibility index (Phi) is 10.9. The Morgan fingerprint density at radius 3 is 1.33 bits per heavy atom. The average molecular weight is 679 g/mol. The van der Waals surface area contributed by atoms with Gasteiger partial charge in [-0.1, -0.05) is 97.1 Å². The molecular formula is C38H38N4O4S2. The molecule has 4 aromatic carbocycles. The number of hydrogen-bond donors (Lipinski definition) is 6. The number of carbonyl (C=O) groups excluding carboxylic acids is 2. The second kappa shape index (κ2) is 15.9. The summed E-state index contributed by atoms with van der Waals surface area (Å²) in [5.41, 5.74) is 7.70. The largest absolute Gasteiger partial charge is 0.445 e. The van der Waals surface area contributed by atoms with Crippen LogP contribution in [0.1, 0.15) is 22.3 Å². The first-order valence-corrected chi connectivity index (χ1v) is 17.1. The maximum absolute atomic E-state index is 12.8. The van der Waals surface area contributed by atoms with Crippen LogP contribution in [0.5, 0.6) is 0 Å². The molecule has 0 unspecified atom stereocenters. The van der Waals surface area contributed by atoms with E-state index in [1.165, 1.54) is 0 Å². The fraction of sp³-hybridized carbons (Fsp3) is 0.211. The van der Waals surface area contributed by atoms with Gasteiger partial charge in [0, 0.05) is 45.4 Å². The van der Waals surface area contributed by atoms with Gasteiger partial charge < -0.3 is 30.1 Å². The molecule has 0 aliphatic rings. The number of alkyl carbamates (subject to hydrolysis) is 2. The van der Waals surface area contributed by atoms with Crippen LogP contribution in [-0.2, 0) is 35.5 Å². The zero-order valence-corrected chi connectivity index (χ0v) is 28.1. The van der Waals surface area contributed by atoms with Crippen molar-refractivity contribution in [2.24, 2.45) is 0 Å². The van der Waals surface area contributed by atoms with Crippen LogP contribution in [0.3, 0.4) is 0 Å². The lowest BCUT2D eigenvalue weighted by molar-refractivity contribution is 0.135. The average Bonchev–Trinajstić information content (AvgIpc) is 3.67. The molecule has 0 radical (unpaired) electrons. The van der Waals surface area contributed by atoms with Gasteiger partial charge in [0.1, 0.15) is 13.2 Å². The van der Waals surface area contributed by atoms with Gasteiger partial charge in [-0.2, -0.15) is 25.3 Å². The number of hydrogen-bond acceptors (Lipinski definition) is 6. The highest BCUT2D eigenvalue weighted by Gasteiger charge is 2.25. The Hall–Kier alpha value is -4.80. The summed E-state index contributed by atoms with van der Waals surface area (Å²) in [6, 6.07) is 34.8. The third-order valence-corrected chi connectivity index (χ3v) is 9.17. The lowest BCUT2D eigenvalue weighted by atomic mass is 9.97. The molecule has 2 atom stereocenters. The predicted octanol–water partition coefficient (Wildman–Crippen LogP) is 7.85. The third-order valence-electron chi connectivity index (χ3n) is 8.29. The van der Waals surface area contributed by atoms with Gasteiger partial charge >= 0.3 is 12.2 Å². The van der Waals surface area contributed by atoms with Gasteiger partial charge in [-0.3, -0.25) is 0 Å². The first-order valence-electron chi connectivity index (χ1n) is 15.9. The second-order valence-electron chi connectivity index (χ2n) is 11.6. The van der Waals surface area contributed by atoms with E-state index in [-0.39, 0.29) is 25.3 Å². The van der Waals surface area contributed by atoms with Gasteiger partial charge in [0.2, 0.25) is 0 Å². The lowest BCUT2D eigenvalue weighted by Crippen LogP contribution is -2.38. The lowest BCUT2D eigenvalue weighted by Gasteiger charge is -2.19. The molecule has 0 spiro atoms. The number of aromatic nitrogens is 2. The molecule has 6 aromatic rings. The number of nitrogens with one attached hydrogen (secondary N) is 4. The maximum Gasteiger partial charge on any atom is 0.407 e. The van der Waals surface area contributed by atoms with E-state index in [0.717, 1.165) is 55.4 Å². The van der Waals surface area contributed by atoms with E-state index in [1.807, 2.05) is 97.1 Å². The quantitative estimate of drug-likeness (QED) is 0.0700. The van der Waals surface area contributed by atoms with Crippen LogP contribution >= 0.6 is 25.3 Å². The first kappa shape index (κ1) is 33.1. The van der Waals surface area contributed by atoms with Crippen molar-refractivity contribution < 1.29 is 19.1 Å². The summed E-state index contributed by atoms with van der Waals surface area (Å²) < 4.78 is 11.0. The number of rotatable bonds is 13. The van der Waals surface area contributed by atoms with Crippen molar-refractivity contribution in [1.82, 2.24) is 20.6 Å². The van der Waals surface area contributed by atoms with E-state index in [2.05, 4.69) is 58.0 Å². The molecule has 0 saturated carbocycles. The Morgan fingerprint density at radius 2 is 0.938 bits per heavy atom. The van der Waals surface area contributed by atoms with Crippen LogP contribution < -0.4 is 10.6 Å². The predicted molar refractivity (Wildman–Crippen MR) is 198 cm³/mol. The zero-order valence-electron chi connectivity index (χ0n) is 26.3. The highest BCUT2D eigenvalue weighted by atomic mass is 32.1. The van der Waals surface area contributed by atoms with Gasteiger partial charge in [0.05, 0.1) is 11.4 Å². The number of H-pyrrole nitrogens is 2. The van der Waals surface area contributed by atoms with Crippen LogP contribution in [0.25, 0.3) is 33.2 Å². The summed E-state index contributed by atoms with van der Waals surface area (Å²) in [4.78, 5) is 33.0. The Labute approximate surface area is 290 Å². The SMILES string of the molecule is O=C(N[C@@H](CS)Cc1c(-c2[nH]c3ccccc3c2C[C@H](CS)NC(=O)OCc2ccccc2)[nH]c2ccccc12)OCc1ccccc1. The Balaban J connectivity index is 1.26. The highest BCUT2D eigenvalue weighted by Crippen LogP contribution is 2.37. The molecule has 6 rings (SSSR count). The van der Waals surface area contributed by atoms with Gasteiger partial charge in [-0.25, -0.2) is 9.59 Å². The van der Waals surface area contributed by atoms with Crippen molar-refractivity contribution in [1.29, 1.82) is 0 Å². The van der Waals surface area contributed by atoms with Crippen LogP contribution in [0.4, 0.5) is 9.59 Å². The summed E-state index contributed by atoms with van der Waals surface area (Å²) in [5, 5.41) is 8.13. The molecule has 0 aliphatic heterocycles. The van der Waals surface area contributed by atoms with E-state index >= 15 is 0 Å². The summed E-state index contributed by atoms with van der Waals surface area (Å²) in [6.45, 7) is 0.367. The smallest absolute Gasteiger partial charge is 0.407 e. The number of para-hydroxylation sites is 2. The number of carbonyl (C=O) groups is 2. The van der Waals surface area contributed by atoms with Crippen molar-refractivity contribution in [3.63, 3.8) is 0 Å². The number of thiol groups is 2. The van der Waals surface area contributed by atoms with Crippen LogP contribution in [0.2, 0.25) is 0 Å². The van der Waals surface area contributed by atoms with Gasteiger partial charge in [0.15, 0.2) is 0 Å². The third kappa shape index (κ3) is 8.00. The molecule has 48 heavy (non-hydrogen) atoms. The van der Waals surface area contributed by atoms with Crippen LogP contribution in [-0.4, -0.2) is 45.7 Å². The molecule has 246 valence electrons. The molecule has 4 N–H and O–H groups in total. The summed E-state index contributed by atoms with van der Waals surface area (Å²) in [7, 11) is 0. The minimum Gasteiger partial charge on any atom is -0.445 e. The molecule has 0 bridgehead atoms. The molecule has 0 aliphatic carbocycles. The highest BCUT2D eigenvalue weighted by molar-refractivity contribution is 7.80. The molecule has 2 aromatic heterocycles. The van der Waals surface area contributed by atoms with Crippen molar-refractivity contribution in [2.75, 3.05) is 11.5 Å². The number of ether oxygens (including phenoxy) is 2. The van der Waals surface area contributed by atoms with Gasteiger partial charge in [-0.05, 0) is 47.2 Å². The normalized spacial score (nSPS) is 12.5. The minimum atomic E-state index is -0.493. The second-order valence-corrected chi connectivity index (χ2v) is 12.4. The molecule has 2 heterocycles. The van der Waals surface area contributed by atoms with Gasteiger partial charge in [0.25, 0.3) is 0 Å². The first-order chi connectivity index (χ1) is 23.5. The molecule has 2 amide bonds. The number of fused-ring (bicyclic) bond motifs is 2. The summed E-state index contributed by atoms with van der Waals surface area (Å²) >= 11 is 9.20. The van der Waals surface area contributed by atoms with Crippen molar-refractivity contribution >= 4 is 59.2 Å². The topological polar surface area (TPSA) is 108 Å². The Bertz CT molecular complexity index is 1830. The number of amides is 2. The monoisotopic (exact) mass is 678 g/mol. The number of aromatic amines is 2. The Morgan fingerprint density at radius 1 is 0.562 bits per heavy atom. The molecule has 8 nitrogen and oxygen atoms in total. The zero-order chi connectivity index (χ0) is 33.3. The molecule has 0 fully saturated rings. The van der Waals surface area contributed by atoms with E-state index in [0.29, 0.717) is 24.3 Å². The summed E-state index contributed by atoms with van der Waals surface area (Å²) in [6.07, 6.45) is 0.0379. The fourth-order valence-corrected chi connectivity index (χ4v) is 6.37. The fourth-order valence-electron chi connectivity index (χ4n) is 5.93. The molecule has 10 heteroatoms. The van der Waals surface area contributed by atoms with E-state index < -0.39 is 12.2 Å². The van der Waals surface area contributed by atoms with Crippen molar-refractivity contribution in [3.8, 4) is 11.4 Å². The van der Waals surface area contributed by atoms with Crippen molar-refractivity contribution in [3.05, 3.63) is 131 Å². The maximum atomic E-state index is 12.8. The molecule has 0 saturated heterocycles. The standard InChI is InChI=1S/C38H38N4O4S2/c43-37(45-21-25-11-3-1-4-12-25)39-27(23-47)19-31-29-15-7-9-17-33(29)41-35(31)36-32(30-16-8-10-18-34(30)42-36)20-28(24-48)40-38(44)46-22-26-13-5-2-6-14-26/h1-18,27-28,41-42,47-48H,19-24H2,(H,39,43)(H,40,44)/t27-,28-/m1/s1. The molecular weight excluding hydrogens is 641 g/mol. The van der Waals surface area contributed by atoms with Gasteiger partial charge in [-0.15, -0.1) is 0 Å². The van der Waals surface area contributed by atoms with Crippen molar-refractivity contribution in [2.45, 2.75) is 38.1 Å². The van der Waals surface area contributed by atoms with Crippen LogP contribution in [0, 0.1) is 0 Å². The van der Waals surface area contributed by atoms with E-state index in [4.69, 9.17) is 9.47 Å². The summed E-state index contributed by atoms with van der Waals surface area (Å²) in [5.74, 6) is 0.825. The minimum absolute atomic E-state index is 0.183. The van der Waals surface area contributed by atoms with E-state index in [9.17, 15) is 9.59 Å².